The topological polar surface area (TPSA) is 90.4 Å². The average Bonchev–Trinajstić information content (AvgIpc) is 3.94. The second kappa shape index (κ2) is 11.5. The van der Waals surface area contributed by atoms with Gasteiger partial charge in [0.2, 0.25) is 0 Å². The zero-order valence-electron chi connectivity index (χ0n) is 28.2. The average molecular weight is 715 g/mol. The number of carbonyl (C=O) groups excluding carboxylic acids is 2. The summed E-state index contributed by atoms with van der Waals surface area (Å²) in [5.74, 6) is -0.383. The molecule has 53 heavy (non-hydrogen) atoms. The third-order valence-electron chi connectivity index (χ3n) is 10.4. The number of fused-ring (bicyclic) bond motifs is 7. The Morgan fingerprint density at radius 2 is 1.02 bits per heavy atom. The van der Waals surface area contributed by atoms with E-state index in [1.165, 1.54) is 11.1 Å². The fourth-order valence-corrected chi connectivity index (χ4v) is 9.99. The number of nitriles is 2. The molecule has 2 heterocycles. The van der Waals surface area contributed by atoms with Crippen molar-refractivity contribution in [3.63, 3.8) is 0 Å². The van der Waals surface area contributed by atoms with Crippen molar-refractivity contribution in [1.82, 2.24) is 0 Å². The Balaban J connectivity index is 1.14. The largest absolute Gasteiger partial charge is 0.289 e. The lowest BCUT2D eigenvalue weighted by atomic mass is 9.82. The Kier molecular flexibility index (Phi) is 6.97. The molecular formula is C45H22N4O2S2. The highest BCUT2D eigenvalue weighted by Gasteiger charge is 2.37. The summed E-state index contributed by atoms with van der Waals surface area (Å²) in [6, 6.07) is 31.2. The van der Waals surface area contributed by atoms with Crippen LogP contribution in [0.1, 0.15) is 66.6 Å². The Morgan fingerprint density at radius 3 is 1.40 bits per heavy atom. The molecule has 6 nitrogen and oxygen atoms in total. The number of rotatable bonds is 2. The summed E-state index contributed by atoms with van der Waals surface area (Å²) in [5, 5.41) is 21.6. The smallest absolute Gasteiger partial charge is 0.270 e. The quantitative estimate of drug-likeness (QED) is 0.101. The Hall–Kier alpha value is -6.94. The molecule has 0 amide bonds. The number of ketones is 2. The van der Waals surface area contributed by atoms with Crippen LogP contribution in [0.15, 0.2) is 107 Å². The van der Waals surface area contributed by atoms with Gasteiger partial charge in [0.1, 0.15) is 0 Å². The number of benzene rings is 4. The molecule has 0 atom stereocenters. The maximum Gasteiger partial charge on any atom is 0.270 e. The van der Waals surface area contributed by atoms with Gasteiger partial charge in [0, 0.05) is 58.0 Å². The van der Waals surface area contributed by atoms with Crippen molar-refractivity contribution >= 4 is 77.7 Å². The van der Waals surface area contributed by atoms with Gasteiger partial charge in [-0.1, -0.05) is 62.4 Å². The van der Waals surface area contributed by atoms with Crippen molar-refractivity contribution in [3.8, 4) is 23.3 Å². The van der Waals surface area contributed by atoms with Crippen LogP contribution >= 0.6 is 22.7 Å². The number of thiophene rings is 2. The van der Waals surface area contributed by atoms with Crippen LogP contribution in [-0.2, 0) is 5.41 Å². The Morgan fingerprint density at radius 1 is 0.623 bits per heavy atom. The summed E-state index contributed by atoms with van der Waals surface area (Å²) < 4.78 is 2.11. The molecule has 0 saturated carbocycles. The fraction of sp³-hybridized carbons (Fsp3) is 0.0667. The fourth-order valence-electron chi connectivity index (χ4n) is 7.93. The molecule has 6 aromatic rings. The third kappa shape index (κ3) is 4.58. The molecule has 0 fully saturated rings. The standard InChI is InChI=1S/C45H22N4O2S2/c1-45(2)35-15-23-13-25(17-33-41(37(21-46)48-3)27-9-5-7-11-29(27)43(33)50)52-39(23)19-31(35)32-20-40-24(16-36(32)45)14-26(53-40)18-34-42(38(22-47)49-4)28-10-6-8-12-30(28)44(34)51/h5-20H,1-2H3/b33-17-,34-18-,41-37+,42-38?. The number of nitrogens with zero attached hydrogens (tertiary/aromatic N) is 4. The summed E-state index contributed by atoms with van der Waals surface area (Å²) in [6.45, 7) is 19.7. The van der Waals surface area contributed by atoms with E-state index in [1.807, 2.05) is 36.4 Å². The van der Waals surface area contributed by atoms with E-state index in [4.69, 9.17) is 13.1 Å². The number of hydrogen-bond acceptors (Lipinski definition) is 6. The van der Waals surface area contributed by atoms with Gasteiger partial charge in [-0.2, -0.15) is 0 Å². The highest BCUT2D eigenvalue weighted by atomic mass is 32.1. The second-order valence-electron chi connectivity index (χ2n) is 13.6. The van der Waals surface area contributed by atoms with Crippen LogP contribution in [0.3, 0.4) is 0 Å². The molecule has 0 aliphatic heterocycles. The third-order valence-corrected chi connectivity index (χ3v) is 12.5. The molecule has 4 aromatic carbocycles. The summed E-state index contributed by atoms with van der Waals surface area (Å²) >= 11 is 3.13. The van der Waals surface area contributed by atoms with Crippen LogP contribution in [-0.4, -0.2) is 11.6 Å². The van der Waals surface area contributed by atoms with E-state index in [-0.39, 0.29) is 28.4 Å². The second-order valence-corrected chi connectivity index (χ2v) is 15.8. The van der Waals surface area contributed by atoms with Gasteiger partial charge >= 0.3 is 0 Å². The van der Waals surface area contributed by atoms with Gasteiger partial charge in [-0.15, -0.1) is 22.7 Å². The van der Waals surface area contributed by atoms with Crippen LogP contribution in [0.25, 0.3) is 64.3 Å². The van der Waals surface area contributed by atoms with Crippen molar-refractivity contribution in [2.45, 2.75) is 19.3 Å². The van der Waals surface area contributed by atoms with Gasteiger partial charge < -0.3 is 0 Å². The first-order valence-corrected chi connectivity index (χ1v) is 18.2. The first-order valence-electron chi connectivity index (χ1n) is 16.6. The lowest BCUT2D eigenvalue weighted by molar-refractivity contribution is 0.103. The van der Waals surface area contributed by atoms with Gasteiger partial charge in [-0.05, 0) is 92.7 Å². The molecule has 9 rings (SSSR count). The maximum atomic E-state index is 13.5. The lowest BCUT2D eigenvalue weighted by Crippen LogP contribution is -2.14. The molecule has 0 unspecified atom stereocenters. The molecular weight excluding hydrogens is 693 g/mol. The van der Waals surface area contributed by atoms with E-state index >= 15 is 0 Å². The summed E-state index contributed by atoms with van der Waals surface area (Å²) in [7, 11) is 0. The summed E-state index contributed by atoms with van der Waals surface area (Å²) in [6.07, 6.45) is 3.62. The predicted octanol–water partition coefficient (Wildman–Crippen LogP) is 11.3. The Labute approximate surface area is 312 Å². The first kappa shape index (κ1) is 32.0. The lowest BCUT2D eigenvalue weighted by Gasteiger charge is -2.21. The first-order chi connectivity index (χ1) is 25.7. The molecule has 0 spiro atoms. The van der Waals surface area contributed by atoms with Crippen LogP contribution in [0.4, 0.5) is 0 Å². The molecule has 0 bridgehead atoms. The van der Waals surface area contributed by atoms with Crippen LogP contribution in [0, 0.1) is 35.8 Å². The van der Waals surface area contributed by atoms with E-state index in [2.05, 4.69) is 59.9 Å². The van der Waals surface area contributed by atoms with Crippen molar-refractivity contribution in [2.75, 3.05) is 0 Å². The van der Waals surface area contributed by atoms with E-state index in [1.54, 1.807) is 59.1 Å². The summed E-state index contributed by atoms with van der Waals surface area (Å²) in [5.41, 5.74) is 7.89. The highest BCUT2D eigenvalue weighted by Crippen LogP contribution is 2.53. The SMILES string of the molecule is [C-]#[N+]C(C#N)=C1/C(=C/c2cc3cc4c(cc3s2)-c2cc3sc(/C=C5\C(=O)c6ccccc6\C5=C(\C#N)[N+]#[C-])cc3cc2C4(C)C)C(=O)c2ccccc21. The van der Waals surface area contributed by atoms with Crippen molar-refractivity contribution < 1.29 is 9.59 Å². The number of hydrogen-bond donors (Lipinski definition) is 0. The molecule has 3 aliphatic rings. The maximum absolute atomic E-state index is 13.5. The minimum absolute atomic E-state index is 0.0978. The van der Waals surface area contributed by atoms with Crippen molar-refractivity contribution in [1.29, 1.82) is 10.5 Å². The minimum atomic E-state index is -0.305. The minimum Gasteiger partial charge on any atom is -0.289 e. The number of carbonyl (C=O) groups is 2. The summed E-state index contributed by atoms with van der Waals surface area (Å²) in [4.78, 5) is 35.7. The predicted molar refractivity (Wildman–Crippen MR) is 211 cm³/mol. The van der Waals surface area contributed by atoms with Gasteiger partial charge in [-0.25, -0.2) is 20.2 Å². The number of Topliss-reactive ketones (excluding diaryl/α,β-unsaturated/α-hetero) is 2. The van der Waals surface area contributed by atoms with Gasteiger partial charge in [-0.3, -0.25) is 9.59 Å². The molecule has 0 radical (unpaired) electrons. The van der Waals surface area contributed by atoms with E-state index in [0.717, 1.165) is 41.1 Å². The van der Waals surface area contributed by atoms with Gasteiger partial charge in [0.15, 0.2) is 11.6 Å². The van der Waals surface area contributed by atoms with Crippen LogP contribution in [0.5, 0.6) is 0 Å². The van der Waals surface area contributed by atoms with Gasteiger partial charge in [0.05, 0.1) is 25.3 Å². The zero-order chi connectivity index (χ0) is 36.8. The zero-order valence-corrected chi connectivity index (χ0v) is 29.8. The van der Waals surface area contributed by atoms with E-state index < -0.39 is 0 Å². The molecule has 3 aliphatic carbocycles. The molecule has 0 N–H and O–H groups in total. The monoisotopic (exact) mass is 714 g/mol. The van der Waals surface area contributed by atoms with E-state index in [9.17, 15) is 20.1 Å². The molecule has 246 valence electrons. The normalized spacial score (nSPS) is 18.3. The number of allylic oxidation sites excluding steroid dienone is 6. The van der Waals surface area contributed by atoms with Crippen LogP contribution in [0.2, 0.25) is 0 Å². The molecule has 2 aromatic heterocycles. The van der Waals surface area contributed by atoms with Crippen molar-refractivity contribution in [2.24, 2.45) is 0 Å². The highest BCUT2D eigenvalue weighted by molar-refractivity contribution is 7.20. The van der Waals surface area contributed by atoms with Crippen molar-refractivity contribution in [3.05, 3.63) is 173 Å². The van der Waals surface area contributed by atoms with E-state index in [0.29, 0.717) is 44.5 Å². The molecule has 0 saturated heterocycles. The van der Waals surface area contributed by atoms with Gasteiger partial charge in [0.25, 0.3) is 11.4 Å². The Bertz CT molecular complexity index is 2820. The van der Waals surface area contributed by atoms with Crippen LogP contribution < -0.4 is 0 Å². The molecule has 8 heteroatoms.